The van der Waals surface area contributed by atoms with Gasteiger partial charge in [-0.05, 0) is 95.9 Å². The first kappa shape index (κ1) is 36.1. The minimum Gasteiger partial charge on any atom is -0.462 e. The van der Waals surface area contributed by atoms with Crippen molar-refractivity contribution in [2.24, 2.45) is 5.92 Å². The highest BCUT2D eigenvalue weighted by molar-refractivity contribution is 5.80. The van der Waals surface area contributed by atoms with E-state index in [0.29, 0.717) is 38.5 Å². The predicted molar refractivity (Wildman–Crippen MR) is 161 cm³/mol. The van der Waals surface area contributed by atoms with Crippen molar-refractivity contribution in [3.05, 3.63) is 0 Å². The van der Waals surface area contributed by atoms with Crippen LogP contribution in [0.2, 0.25) is 0 Å². The summed E-state index contributed by atoms with van der Waals surface area (Å²) >= 11 is 0. The van der Waals surface area contributed by atoms with Gasteiger partial charge in [0.05, 0.1) is 25.0 Å². The Morgan fingerprint density at radius 3 is 1.23 bits per heavy atom. The van der Waals surface area contributed by atoms with Crippen LogP contribution in [0.25, 0.3) is 0 Å². The van der Waals surface area contributed by atoms with E-state index in [1.54, 1.807) is 0 Å². The fraction of sp³-hybridized carbons (Fsp3) is 0.938. The van der Waals surface area contributed by atoms with Gasteiger partial charge in [0.25, 0.3) is 0 Å². The van der Waals surface area contributed by atoms with E-state index in [-0.39, 0.29) is 19.1 Å². The molecule has 3 aliphatic heterocycles. The maximum atomic E-state index is 13.7. The summed E-state index contributed by atoms with van der Waals surface area (Å²) in [6, 6.07) is 0. The quantitative estimate of drug-likeness (QED) is 0.307. The van der Waals surface area contributed by atoms with Crippen molar-refractivity contribution in [1.29, 1.82) is 0 Å². The van der Waals surface area contributed by atoms with Gasteiger partial charge < -0.3 is 29.8 Å². The SMILES string of the molecule is CC1(C)CC(OCC(CC(=O)OC2CC(C)(C)N(O)C(C)(C)C2)C(=O)OC2CC(C)(C)N(O)C(C)(C)C2)CC(C)(C)N1O. The molecular formula is C32H59N3O8. The molecule has 0 spiro atoms. The highest BCUT2D eigenvalue weighted by atomic mass is 16.6. The van der Waals surface area contributed by atoms with Crippen LogP contribution in [-0.2, 0) is 23.8 Å². The van der Waals surface area contributed by atoms with Gasteiger partial charge in [-0.1, -0.05) is 0 Å². The topological polar surface area (TPSA) is 132 Å². The minimum atomic E-state index is -0.886. The monoisotopic (exact) mass is 613 g/mol. The van der Waals surface area contributed by atoms with Crippen LogP contribution >= 0.6 is 0 Å². The normalized spacial score (nSPS) is 28.7. The Morgan fingerprint density at radius 2 is 0.884 bits per heavy atom. The second-order valence-corrected chi connectivity index (χ2v) is 17.1. The molecule has 3 rings (SSSR count). The fourth-order valence-corrected chi connectivity index (χ4v) is 7.98. The molecule has 3 aliphatic rings. The van der Waals surface area contributed by atoms with Crippen molar-refractivity contribution in [2.45, 2.75) is 180 Å². The zero-order valence-electron chi connectivity index (χ0n) is 28.7. The number of carbonyl (C=O) groups is 2. The molecule has 250 valence electrons. The lowest BCUT2D eigenvalue weighted by atomic mass is 9.80. The van der Waals surface area contributed by atoms with Crippen LogP contribution in [0.4, 0.5) is 0 Å². The molecule has 1 unspecified atom stereocenters. The summed E-state index contributed by atoms with van der Waals surface area (Å²) in [5, 5.41) is 36.1. The lowest BCUT2D eigenvalue weighted by Gasteiger charge is -2.51. The van der Waals surface area contributed by atoms with Crippen LogP contribution in [0, 0.1) is 5.92 Å². The Morgan fingerprint density at radius 1 is 0.581 bits per heavy atom. The van der Waals surface area contributed by atoms with Crippen LogP contribution in [0.5, 0.6) is 0 Å². The van der Waals surface area contributed by atoms with Crippen molar-refractivity contribution in [1.82, 2.24) is 15.2 Å². The second kappa shape index (κ2) is 12.1. The average molecular weight is 614 g/mol. The molecule has 0 aliphatic carbocycles. The van der Waals surface area contributed by atoms with Crippen LogP contribution in [0.1, 0.15) is 128 Å². The summed E-state index contributed by atoms with van der Waals surface area (Å²) in [5.74, 6) is -1.92. The Balaban J connectivity index is 1.75. The van der Waals surface area contributed by atoms with E-state index >= 15 is 0 Å². The molecule has 0 amide bonds. The summed E-state index contributed by atoms with van der Waals surface area (Å²) in [4.78, 5) is 27.0. The van der Waals surface area contributed by atoms with Gasteiger partial charge in [0.2, 0.25) is 0 Å². The molecule has 0 aromatic carbocycles. The molecule has 0 saturated carbocycles. The number of hydrogen-bond donors (Lipinski definition) is 3. The Labute approximate surface area is 258 Å². The van der Waals surface area contributed by atoms with E-state index in [0.717, 1.165) is 0 Å². The van der Waals surface area contributed by atoms with E-state index in [4.69, 9.17) is 14.2 Å². The zero-order chi connectivity index (χ0) is 33.0. The molecule has 11 nitrogen and oxygen atoms in total. The van der Waals surface area contributed by atoms with Gasteiger partial charge >= 0.3 is 11.9 Å². The van der Waals surface area contributed by atoms with Crippen molar-refractivity contribution < 1.29 is 39.4 Å². The molecular weight excluding hydrogens is 554 g/mol. The Bertz CT molecular complexity index is 970. The smallest absolute Gasteiger partial charge is 0.312 e. The van der Waals surface area contributed by atoms with Crippen LogP contribution in [0.15, 0.2) is 0 Å². The van der Waals surface area contributed by atoms with Gasteiger partial charge in [0.15, 0.2) is 0 Å². The lowest BCUT2D eigenvalue weighted by Crippen LogP contribution is -2.61. The number of carbonyl (C=O) groups excluding carboxylic acids is 2. The molecule has 0 aromatic rings. The summed E-state index contributed by atoms with van der Waals surface area (Å²) in [5.41, 5.74) is -3.44. The van der Waals surface area contributed by atoms with Gasteiger partial charge in [-0.15, -0.1) is 0 Å². The van der Waals surface area contributed by atoms with Crippen molar-refractivity contribution in [2.75, 3.05) is 6.61 Å². The molecule has 3 N–H and O–H groups in total. The third-order valence-corrected chi connectivity index (χ3v) is 9.66. The van der Waals surface area contributed by atoms with Gasteiger partial charge in [-0.25, -0.2) is 0 Å². The molecule has 0 radical (unpaired) electrons. The van der Waals surface area contributed by atoms with Gasteiger partial charge in [-0.2, -0.15) is 15.2 Å². The van der Waals surface area contributed by atoms with E-state index in [1.807, 2.05) is 83.1 Å². The summed E-state index contributed by atoms with van der Waals surface area (Å²) < 4.78 is 18.3. The highest BCUT2D eigenvalue weighted by Crippen LogP contribution is 2.41. The van der Waals surface area contributed by atoms with Gasteiger partial charge in [0, 0.05) is 58.9 Å². The number of nitrogens with zero attached hydrogens (tertiary/aromatic N) is 3. The standard InChI is InChI=1S/C32H59N3O8/c1-27(2)14-22(15-28(3,4)33(27)38)41-20-21(26(37)43-24-18-31(9,10)35(40)32(11,12)19-24)13-25(36)42-23-16-29(5,6)34(39)30(7,8)17-23/h21-24,38-40H,13-20H2,1-12H3. The number of esters is 2. The molecule has 3 fully saturated rings. The van der Waals surface area contributed by atoms with Crippen molar-refractivity contribution in [3.8, 4) is 0 Å². The van der Waals surface area contributed by atoms with Crippen molar-refractivity contribution >= 4 is 11.9 Å². The Hall–Kier alpha value is -1.34. The molecule has 3 saturated heterocycles. The highest BCUT2D eigenvalue weighted by Gasteiger charge is 2.49. The molecule has 0 aromatic heterocycles. The number of rotatable bonds is 8. The minimum absolute atomic E-state index is 0.0200. The zero-order valence-corrected chi connectivity index (χ0v) is 28.7. The van der Waals surface area contributed by atoms with Crippen LogP contribution in [0.3, 0.4) is 0 Å². The van der Waals surface area contributed by atoms with Crippen molar-refractivity contribution in [3.63, 3.8) is 0 Å². The maximum absolute atomic E-state index is 13.7. The number of ether oxygens (including phenoxy) is 3. The van der Waals surface area contributed by atoms with Crippen LogP contribution < -0.4 is 0 Å². The Kier molecular flexibility index (Phi) is 10.2. The average Bonchev–Trinajstić information content (AvgIpc) is 2.80. The van der Waals surface area contributed by atoms with Gasteiger partial charge in [-0.3, -0.25) is 9.59 Å². The van der Waals surface area contributed by atoms with Gasteiger partial charge in [0.1, 0.15) is 12.2 Å². The number of hydroxylamine groups is 6. The summed E-state index contributed by atoms with van der Waals surface area (Å²) in [6.45, 7) is 23.0. The first-order valence-electron chi connectivity index (χ1n) is 15.8. The lowest BCUT2D eigenvalue weighted by molar-refractivity contribution is -0.263. The third-order valence-electron chi connectivity index (χ3n) is 9.66. The first-order valence-corrected chi connectivity index (χ1v) is 15.8. The molecule has 0 bridgehead atoms. The third kappa shape index (κ3) is 8.28. The summed E-state index contributed by atoms with van der Waals surface area (Å²) in [6.07, 6.45) is 1.63. The van der Waals surface area contributed by atoms with E-state index in [2.05, 4.69) is 0 Å². The predicted octanol–water partition coefficient (Wildman–Crippen LogP) is 5.33. The second-order valence-electron chi connectivity index (χ2n) is 17.1. The van der Waals surface area contributed by atoms with Crippen LogP contribution in [-0.4, -0.2) is 101 Å². The largest absolute Gasteiger partial charge is 0.462 e. The molecule has 11 heteroatoms. The van der Waals surface area contributed by atoms with E-state index in [9.17, 15) is 25.2 Å². The molecule has 1 atom stereocenters. The first-order chi connectivity index (χ1) is 19.3. The van der Waals surface area contributed by atoms with E-state index < -0.39 is 63.3 Å². The fourth-order valence-electron chi connectivity index (χ4n) is 7.98. The molecule has 43 heavy (non-hydrogen) atoms. The maximum Gasteiger partial charge on any atom is 0.312 e. The number of piperidine rings is 3. The number of hydrogen-bond acceptors (Lipinski definition) is 11. The van der Waals surface area contributed by atoms with E-state index in [1.165, 1.54) is 15.2 Å². The molecule has 3 heterocycles. The summed E-state index contributed by atoms with van der Waals surface area (Å²) in [7, 11) is 0.